The lowest BCUT2D eigenvalue weighted by Gasteiger charge is -2.29. The number of hydrogen-bond acceptors (Lipinski definition) is 7. The molecule has 0 saturated carbocycles. The highest BCUT2D eigenvalue weighted by molar-refractivity contribution is 7.11. The fraction of sp³-hybridized carbons (Fsp3) is 0.722. The van der Waals surface area contributed by atoms with Crippen molar-refractivity contribution in [2.45, 2.75) is 64.7 Å². The Bertz CT molecular complexity index is 625. The summed E-state index contributed by atoms with van der Waals surface area (Å²) in [7, 11) is 1.38. The van der Waals surface area contributed by atoms with Crippen LogP contribution in [0.15, 0.2) is 6.20 Å². The molecule has 0 aliphatic carbocycles. The largest absolute Gasteiger partial charge is 0.469 e. The van der Waals surface area contributed by atoms with Gasteiger partial charge in [-0.15, -0.1) is 11.3 Å². The quantitative estimate of drug-likeness (QED) is 0.700. The Labute approximate surface area is 158 Å². The highest BCUT2D eigenvalue weighted by Gasteiger charge is 2.42. The van der Waals surface area contributed by atoms with Gasteiger partial charge in [-0.3, -0.25) is 9.69 Å². The Morgan fingerprint density at radius 1 is 1.38 bits per heavy atom. The van der Waals surface area contributed by atoms with Crippen LogP contribution in [0.4, 0.5) is 4.79 Å². The molecule has 1 amide bonds. The minimum absolute atomic E-state index is 0.105. The molecule has 2 heterocycles. The number of methoxy groups -OCH3 is 1. The number of ether oxygens (including phenoxy) is 3. The first-order valence-electron chi connectivity index (χ1n) is 8.87. The average Bonchev–Trinajstić information content (AvgIpc) is 3.17. The summed E-state index contributed by atoms with van der Waals surface area (Å²) in [5.41, 5.74) is -0.556. The van der Waals surface area contributed by atoms with Gasteiger partial charge in [-0.2, -0.15) is 0 Å². The lowest BCUT2D eigenvalue weighted by Crippen LogP contribution is -2.38. The molecule has 0 unspecified atom stereocenters. The maximum Gasteiger partial charge on any atom is 0.410 e. The lowest BCUT2D eigenvalue weighted by atomic mass is 10.2. The molecule has 1 aliphatic heterocycles. The summed E-state index contributed by atoms with van der Waals surface area (Å²) >= 11 is 1.50. The molecule has 1 aromatic heterocycles. The van der Waals surface area contributed by atoms with Crippen LogP contribution in [0.1, 0.15) is 56.5 Å². The van der Waals surface area contributed by atoms with Crippen molar-refractivity contribution < 1.29 is 23.8 Å². The molecule has 2 rings (SSSR count). The van der Waals surface area contributed by atoms with E-state index in [4.69, 9.17) is 9.47 Å². The Balaban J connectivity index is 2.16. The summed E-state index contributed by atoms with van der Waals surface area (Å²) in [6, 6.07) is -0.262. The zero-order chi connectivity index (χ0) is 19.3. The Morgan fingerprint density at radius 3 is 2.73 bits per heavy atom. The van der Waals surface area contributed by atoms with Crippen molar-refractivity contribution in [1.82, 2.24) is 9.88 Å². The van der Waals surface area contributed by atoms with E-state index in [1.807, 2.05) is 27.7 Å². The lowest BCUT2D eigenvalue weighted by molar-refractivity contribution is -0.140. The number of carbonyl (C=O) groups excluding carboxylic acids is 2. The number of rotatable bonds is 6. The average molecular weight is 384 g/mol. The van der Waals surface area contributed by atoms with Crippen LogP contribution in [0.25, 0.3) is 0 Å². The summed E-state index contributed by atoms with van der Waals surface area (Å²) in [6.07, 6.45) is 2.94. The van der Waals surface area contributed by atoms with Crippen LogP contribution in [-0.4, -0.2) is 53.9 Å². The molecule has 0 spiro atoms. The van der Waals surface area contributed by atoms with Crippen molar-refractivity contribution in [2.75, 3.05) is 20.3 Å². The topological polar surface area (TPSA) is 78.0 Å². The van der Waals surface area contributed by atoms with Gasteiger partial charge in [0.1, 0.15) is 16.7 Å². The van der Waals surface area contributed by atoms with Crippen molar-refractivity contribution in [3.8, 4) is 0 Å². The summed E-state index contributed by atoms with van der Waals surface area (Å²) < 4.78 is 16.1. The van der Waals surface area contributed by atoms with Gasteiger partial charge in [0.05, 0.1) is 19.6 Å². The minimum atomic E-state index is -0.556. The van der Waals surface area contributed by atoms with E-state index in [0.29, 0.717) is 26.0 Å². The van der Waals surface area contributed by atoms with Gasteiger partial charge >= 0.3 is 12.1 Å². The molecule has 146 valence electrons. The molecular weight excluding hydrogens is 356 g/mol. The molecule has 1 saturated heterocycles. The standard InChI is InChI=1S/C18H28N2O5S/c1-6-24-13-9-10-20(17(22)25-18(2,3)4)15(13)16-19-11-12(26-16)7-8-14(21)23-5/h11,13,15H,6-10H2,1-5H3/t13-,15-/m0/s1. The highest BCUT2D eigenvalue weighted by atomic mass is 32.1. The molecule has 0 radical (unpaired) electrons. The van der Waals surface area contributed by atoms with Gasteiger partial charge in [0.2, 0.25) is 0 Å². The van der Waals surface area contributed by atoms with E-state index in [2.05, 4.69) is 9.72 Å². The highest BCUT2D eigenvalue weighted by Crippen LogP contribution is 2.37. The first-order valence-corrected chi connectivity index (χ1v) is 9.69. The molecule has 1 aliphatic rings. The number of aromatic nitrogens is 1. The van der Waals surface area contributed by atoms with E-state index in [1.165, 1.54) is 18.4 Å². The van der Waals surface area contributed by atoms with Crippen molar-refractivity contribution in [2.24, 2.45) is 0 Å². The second-order valence-electron chi connectivity index (χ2n) is 7.14. The molecule has 2 atom stereocenters. The number of esters is 1. The monoisotopic (exact) mass is 384 g/mol. The fourth-order valence-corrected chi connectivity index (χ4v) is 3.96. The third-order valence-corrected chi connectivity index (χ3v) is 5.11. The van der Waals surface area contributed by atoms with Crippen LogP contribution in [0.2, 0.25) is 0 Å². The number of thiazole rings is 1. The van der Waals surface area contributed by atoms with E-state index >= 15 is 0 Å². The predicted molar refractivity (Wildman–Crippen MR) is 98.2 cm³/mol. The van der Waals surface area contributed by atoms with Crippen molar-refractivity contribution in [3.63, 3.8) is 0 Å². The van der Waals surface area contributed by atoms with Crippen LogP contribution in [0.5, 0.6) is 0 Å². The van der Waals surface area contributed by atoms with Crippen LogP contribution in [0, 0.1) is 0 Å². The Kier molecular flexibility index (Phi) is 7.00. The first kappa shape index (κ1) is 20.6. The third kappa shape index (κ3) is 5.41. The van der Waals surface area contributed by atoms with Crippen molar-refractivity contribution >= 4 is 23.4 Å². The molecule has 0 N–H and O–H groups in total. The van der Waals surface area contributed by atoms with Gasteiger partial charge in [0.25, 0.3) is 0 Å². The van der Waals surface area contributed by atoms with Crippen molar-refractivity contribution in [3.05, 3.63) is 16.1 Å². The van der Waals surface area contributed by atoms with E-state index in [1.54, 1.807) is 11.1 Å². The number of aryl methyl sites for hydroxylation is 1. The van der Waals surface area contributed by atoms with E-state index in [9.17, 15) is 9.59 Å². The Morgan fingerprint density at radius 2 is 2.12 bits per heavy atom. The van der Waals surface area contributed by atoms with Crippen molar-refractivity contribution in [1.29, 1.82) is 0 Å². The first-order chi connectivity index (χ1) is 12.2. The maximum atomic E-state index is 12.6. The van der Waals surface area contributed by atoms with Gasteiger partial charge < -0.3 is 14.2 Å². The van der Waals surface area contributed by atoms with E-state index in [0.717, 1.165) is 16.3 Å². The van der Waals surface area contributed by atoms with Crippen LogP contribution >= 0.6 is 11.3 Å². The normalized spacial score (nSPS) is 20.3. The zero-order valence-corrected chi connectivity index (χ0v) is 16.9. The van der Waals surface area contributed by atoms with Crippen LogP contribution < -0.4 is 0 Å². The van der Waals surface area contributed by atoms with Gasteiger partial charge in [0.15, 0.2) is 0 Å². The molecule has 0 bridgehead atoms. The molecule has 26 heavy (non-hydrogen) atoms. The molecule has 7 nitrogen and oxygen atoms in total. The van der Waals surface area contributed by atoms with Gasteiger partial charge in [-0.1, -0.05) is 0 Å². The summed E-state index contributed by atoms with van der Waals surface area (Å²) in [6.45, 7) is 8.64. The summed E-state index contributed by atoms with van der Waals surface area (Å²) in [5.74, 6) is -0.247. The number of carbonyl (C=O) groups is 2. The fourth-order valence-electron chi connectivity index (χ4n) is 2.87. The molecule has 1 aromatic rings. The smallest absolute Gasteiger partial charge is 0.410 e. The van der Waals surface area contributed by atoms with Gasteiger partial charge in [-0.05, 0) is 40.5 Å². The molecule has 0 aromatic carbocycles. The second-order valence-corrected chi connectivity index (χ2v) is 8.29. The number of hydrogen-bond donors (Lipinski definition) is 0. The van der Waals surface area contributed by atoms with Gasteiger partial charge in [-0.25, -0.2) is 9.78 Å². The Hall–Kier alpha value is -1.67. The number of likely N-dealkylation sites (tertiary alicyclic amines) is 1. The molecular formula is C18H28N2O5S. The predicted octanol–water partition coefficient (Wildman–Crippen LogP) is 3.34. The third-order valence-electron chi connectivity index (χ3n) is 3.98. The number of nitrogens with zero attached hydrogens (tertiary/aromatic N) is 2. The minimum Gasteiger partial charge on any atom is -0.469 e. The van der Waals surface area contributed by atoms with Crippen LogP contribution in [-0.2, 0) is 25.4 Å². The SMILES string of the molecule is CCO[C@H]1CCN(C(=O)OC(C)(C)C)[C@@H]1c1ncc(CCC(=O)OC)s1. The van der Waals surface area contributed by atoms with E-state index in [-0.39, 0.29) is 24.2 Å². The summed E-state index contributed by atoms with van der Waals surface area (Å²) in [5, 5.41) is 0.812. The number of amides is 1. The van der Waals surface area contributed by atoms with E-state index < -0.39 is 5.60 Å². The molecule has 8 heteroatoms. The van der Waals surface area contributed by atoms with Gasteiger partial charge in [0, 0.05) is 24.2 Å². The summed E-state index contributed by atoms with van der Waals surface area (Å²) in [4.78, 5) is 31.1. The zero-order valence-electron chi connectivity index (χ0n) is 16.1. The maximum absolute atomic E-state index is 12.6. The molecule has 1 fully saturated rings. The van der Waals surface area contributed by atoms with Crippen LogP contribution in [0.3, 0.4) is 0 Å². The second kappa shape index (κ2) is 8.81.